The Morgan fingerprint density at radius 3 is 3.00 bits per heavy atom. The molecule has 0 bridgehead atoms. The zero-order valence-electron chi connectivity index (χ0n) is 16.7. The van der Waals surface area contributed by atoms with Crippen LogP contribution in [0.25, 0.3) is 11.1 Å². The first-order chi connectivity index (χ1) is 14.7. The van der Waals surface area contributed by atoms with Gasteiger partial charge in [0.15, 0.2) is 5.58 Å². The Morgan fingerprint density at radius 1 is 1.52 bits per heavy atom. The minimum Gasteiger partial charge on any atom is -0.424 e. The fourth-order valence-corrected chi connectivity index (χ4v) is 5.40. The van der Waals surface area contributed by atoms with Crippen molar-refractivity contribution < 1.29 is 17.2 Å². The highest BCUT2D eigenvalue weighted by atomic mass is 32.2. The fraction of sp³-hybridized carbons (Fsp3) is 0.316. The maximum atomic E-state index is 14.8. The number of rotatable bonds is 5. The van der Waals surface area contributed by atoms with Crippen molar-refractivity contribution in [1.29, 1.82) is 5.41 Å². The number of nitrogens with zero attached hydrogens (tertiary/aromatic N) is 3. The molecule has 1 atom stereocenters. The first-order valence-electron chi connectivity index (χ1n) is 9.45. The molecule has 4 rings (SSSR count). The Bertz CT molecular complexity index is 1360. The third-order valence-corrected chi connectivity index (χ3v) is 7.31. The Labute approximate surface area is 181 Å². The summed E-state index contributed by atoms with van der Waals surface area (Å²) >= 11 is 0.829. The molecule has 0 aliphatic heterocycles. The third kappa shape index (κ3) is 4.18. The smallest absolute Gasteiger partial charge is 0.295 e. The summed E-state index contributed by atoms with van der Waals surface area (Å²) in [5.41, 5.74) is 9.26. The highest BCUT2D eigenvalue weighted by Crippen LogP contribution is 2.31. The summed E-state index contributed by atoms with van der Waals surface area (Å²) in [6, 6.07) is 2.19. The largest absolute Gasteiger partial charge is 0.424 e. The molecule has 3 aromatic rings. The van der Waals surface area contributed by atoms with Gasteiger partial charge in [0, 0.05) is 36.3 Å². The van der Waals surface area contributed by atoms with E-state index in [0.717, 1.165) is 53.2 Å². The summed E-state index contributed by atoms with van der Waals surface area (Å²) < 4.78 is 52.8. The number of fused-ring (bicyclic) bond motifs is 1. The van der Waals surface area contributed by atoms with Crippen molar-refractivity contribution in [3.63, 3.8) is 0 Å². The lowest BCUT2D eigenvalue weighted by molar-refractivity contribution is 0.482. The maximum absolute atomic E-state index is 14.8. The quantitative estimate of drug-likeness (QED) is 0.530. The van der Waals surface area contributed by atoms with Gasteiger partial charge in [-0.3, -0.25) is 14.7 Å². The van der Waals surface area contributed by atoms with Gasteiger partial charge in [-0.2, -0.15) is 4.37 Å². The predicted molar refractivity (Wildman–Crippen MR) is 114 cm³/mol. The number of oxazole rings is 1. The molecule has 0 spiro atoms. The molecule has 2 heterocycles. The molecule has 1 aliphatic rings. The topological polar surface area (TPSA) is 140 Å². The number of nitrogens with two attached hydrogens (primary N) is 1. The number of allylic oxidation sites excluding steroid dienone is 2. The summed E-state index contributed by atoms with van der Waals surface area (Å²) in [5.74, 6) is -0.964. The monoisotopic (exact) mass is 464 g/mol. The van der Waals surface area contributed by atoms with Gasteiger partial charge in [-0.1, -0.05) is 12.2 Å². The number of sulfonamides is 1. The average molecular weight is 465 g/mol. The van der Waals surface area contributed by atoms with E-state index in [1.54, 1.807) is 0 Å². The normalized spacial score (nSPS) is 19.1. The van der Waals surface area contributed by atoms with E-state index in [4.69, 9.17) is 15.6 Å². The molecule has 1 saturated carbocycles. The first-order valence-corrected chi connectivity index (χ1v) is 11.7. The van der Waals surface area contributed by atoms with Gasteiger partial charge in [-0.05, 0) is 37.3 Å². The molecule has 1 fully saturated rings. The number of nitrogens with one attached hydrogen (secondary N) is 2. The van der Waals surface area contributed by atoms with Crippen LogP contribution in [0.1, 0.15) is 26.2 Å². The van der Waals surface area contributed by atoms with E-state index in [1.165, 1.54) is 10.9 Å². The molecular formula is C19H21FN6O3S2. The van der Waals surface area contributed by atoms with Crippen molar-refractivity contribution >= 4 is 37.8 Å². The van der Waals surface area contributed by atoms with E-state index in [0.29, 0.717) is 6.42 Å². The van der Waals surface area contributed by atoms with Gasteiger partial charge < -0.3 is 10.2 Å². The number of hydrogen-bond acceptors (Lipinski definition) is 8. The van der Waals surface area contributed by atoms with Crippen molar-refractivity contribution in [2.45, 2.75) is 43.7 Å². The SMILES string of the molecule is C=C1CCC(N)CC1=C(C)Cn1c(=N)oc2cc(S(=O)(=O)Nc3ncns3)c(F)cc21. The lowest BCUT2D eigenvalue weighted by Crippen LogP contribution is -2.26. The summed E-state index contributed by atoms with van der Waals surface area (Å²) in [5, 5.41) is 8.19. The molecule has 9 nitrogen and oxygen atoms in total. The molecule has 0 radical (unpaired) electrons. The van der Waals surface area contributed by atoms with Gasteiger partial charge >= 0.3 is 0 Å². The van der Waals surface area contributed by atoms with Gasteiger partial charge in [0.05, 0.1) is 5.52 Å². The summed E-state index contributed by atoms with van der Waals surface area (Å²) in [6.07, 6.45) is 3.58. The summed E-state index contributed by atoms with van der Waals surface area (Å²) in [4.78, 5) is 3.14. The molecule has 1 unspecified atom stereocenters. The molecule has 0 amide bonds. The summed E-state index contributed by atoms with van der Waals surface area (Å²) in [6.45, 7) is 6.31. The van der Waals surface area contributed by atoms with Gasteiger partial charge in [-0.25, -0.2) is 17.8 Å². The van der Waals surface area contributed by atoms with E-state index >= 15 is 0 Å². The van der Waals surface area contributed by atoms with Crippen LogP contribution in [-0.4, -0.2) is 28.4 Å². The Morgan fingerprint density at radius 2 is 2.29 bits per heavy atom. The number of benzene rings is 1. The van der Waals surface area contributed by atoms with Crippen LogP contribution in [0.5, 0.6) is 0 Å². The average Bonchev–Trinajstić information content (AvgIpc) is 3.30. The molecule has 1 aliphatic carbocycles. The highest BCUT2D eigenvalue weighted by Gasteiger charge is 2.24. The minimum atomic E-state index is -4.24. The van der Waals surface area contributed by atoms with E-state index in [2.05, 4.69) is 20.7 Å². The second-order valence-corrected chi connectivity index (χ2v) is 9.89. The van der Waals surface area contributed by atoms with Gasteiger partial charge in [0.25, 0.3) is 15.7 Å². The lowest BCUT2D eigenvalue weighted by Gasteiger charge is -2.25. The molecule has 164 valence electrons. The van der Waals surface area contributed by atoms with E-state index in [9.17, 15) is 12.8 Å². The molecule has 1 aromatic carbocycles. The van der Waals surface area contributed by atoms with Crippen molar-refractivity contribution in [3.8, 4) is 0 Å². The van der Waals surface area contributed by atoms with E-state index in [-0.39, 0.29) is 34.5 Å². The van der Waals surface area contributed by atoms with Crippen LogP contribution < -0.4 is 16.1 Å². The number of halogens is 1. The minimum absolute atomic E-state index is 0.0170. The molecule has 31 heavy (non-hydrogen) atoms. The third-order valence-electron chi connectivity index (χ3n) is 5.25. The molecule has 2 aromatic heterocycles. The molecule has 4 N–H and O–H groups in total. The Kier molecular flexibility index (Phi) is 5.54. The van der Waals surface area contributed by atoms with Crippen LogP contribution in [0.15, 0.2) is 51.1 Å². The fourth-order valence-electron chi connectivity index (χ4n) is 3.66. The predicted octanol–water partition coefficient (Wildman–Crippen LogP) is 2.89. The standard InChI is InChI=1S/C19H21FN6O3S2/c1-10-3-4-12(21)5-13(10)11(2)8-26-15-6-14(20)17(7-16(15)29-18(26)22)31(27,28)25-19-23-9-24-30-19/h6-7,9,12,22H,1,3-5,8,21H2,2H3,(H,23,24,25). The van der Waals surface area contributed by atoms with Crippen LogP contribution in [0.3, 0.4) is 0 Å². The summed E-state index contributed by atoms with van der Waals surface area (Å²) in [7, 11) is -4.24. The van der Waals surface area contributed by atoms with Crippen molar-refractivity contribution in [3.05, 3.63) is 53.3 Å². The Balaban J connectivity index is 1.73. The van der Waals surface area contributed by atoms with Gasteiger partial charge in [0.2, 0.25) is 5.13 Å². The van der Waals surface area contributed by atoms with Crippen molar-refractivity contribution in [1.82, 2.24) is 13.9 Å². The lowest BCUT2D eigenvalue weighted by atomic mass is 9.85. The van der Waals surface area contributed by atoms with Crippen LogP contribution in [0.4, 0.5) is 9.52 Å². The van der Waals surface area contributed by atoms with Gasteiger partial charge in [-0.15, -0.1) is 0 Å². The maximum Gasteiger partial charge on any atom is 0.295 e. The van der Waals surface area contributed by atoms with Crippen LogP contribution in [0.2, 0.25) is 0 Å². The molecular weight excluding hydrogens is 443 g/mol. The van der Waals surface area contributed by atoms with E-state index < -0.39 is 20.7 Å². The zero-order valence-corrected chi connectivity index (χ0v) is 18.3. The highest BCUT2D eigenvalue weighted by molar-refractivity contribution is 7.93. The first kappa shape index (κ1) is 21.4. The molecule has 12 heteroatoms. The van der Waals surface area contributed by atoms with Crippen LogP contribution in [0, 0.1) is 11.2 Å². The number of anilines is 1. The van der Waals surface area contributed by atoms with Crippen LogP contribution in [-0.2, 0) is 16.6 Å². The second-order valence-electron chi connectivity index (χ2n) is 7.46. The van der Waals surface area contributed by atoms with Gasteiger partial charge in [0.1, 0.15) is 17.0 Å². The number of hydrogen-bond donors (Lipinski definition) is 3. The van der Waals surface area contributed by atoms with Crippen molar-refractivity contribution in [2.75, 3.05) is 4.72 Å². The Hall–Kier alpha value is -2.83. The second kappa shape index (κ2) is 8.02. The van der Waals surface area contributed by atoms with Crippen LogP contribution >= 0.6 is 11.5 Å². The number of aromatic nitrogens is 3. The van der Waals surface area contributed by atoms with E-state index in [1.807, 2.05) is 6.92 Å². The zero-order chi connectivity index (χ0) is 22.3. The van der Waals surface area contributed by atoms with Crippen molar-refractivity contribution in [2.24, 2.45) is 5.73 Å². The molecule has 0 saturated heterocycles.